The molecule has 134 valence electrons. The summed E-state index contributed by atoms with van der Waals surface area (Å²) in [6.07, 6.45) is 0. The third-order valence-corrected chi connectivity index (χ3v) is 4.36. The molecule has 1 aliphatic rings. The number of esters is 1. The summed E-state index contributed by atoms with van der Waals surface area (Å²) in [6.45, 7) is 8.12. The van der Waals surface area contributed by atoms with Gasteiger partial charge in [0, 0.05) is 17.6 Å². The quantitative estimate of drug-likeness (QED) is 0.777. The number of carbonyl (C=O) groups excluding carboxylic acids is 1. The van der Waals surface area contributed by atoms with Crippen molar-refractivity contribution in [2.45, 2.75) is 39.4 Å². The van der Waals surface area contributed by atoms with E-state index in [0.29, 0.717) is 38.0 Å². The number of nitrogens with zero attached hydrogens (tertiary/aromatic N) is 2. The molecular weight excluding hydrogens is 320 g/mol. The molecule has 6 nitrogen and oxygen atoms in total. The van der Waals surface area contributed by atoms with E-state index in [4.69, 9.17) is 13.9 Å². The van der Waals surface area contributed by atoms with Crippen molar-refractivity contribution in [1.29, 1.82) is 0 Å². The molecule has 0 aliphatic carbocycles. The molecule has 1 aromatic heterocycles. The number of hydrogen-bond donors (Lipinski definition) is 0. The van der Waals surface area contributed by atoms with E-state index >= 15 is 0 Å². The Morgan fingerprint density at radius 2 is 1.92 bits per heavy atom. The fourth-order valence-corrected chi connectivity index (χ4v) is 3.03. The van der Waals surface area contributed by atoms with Crippen molar-refractivity contribution < 1.29 is 18.7 Å². The molecule has 1 aliphatic heterocycles. The first-order chi connectivity index (χ1) is 12.1. The summed E-state index contributed by atoms with van der Waals surface area (Å²) >= 11 is 0. The second kappa shape index (κ2) is 7.80. The van der Waals surface area contributed by atoms with E-state index in [-0.39, 0.29) is 17.8 Å². The molecule has 1 saturated heterocycles. The molecule has 1 aromatic carbocycles. The van der Waals surface area contributed by atoms with Crippen LogP contribution in [0, 0.1) is 0 Å². The Kier molecular flexibility index (Phi) is 5.50. The van der Waals surface area contributed by atoms with Crippen LogP contribution >= 0.6 is 0 Å². The lowest BCUT2D eigenvalue weighted by atomic mass is 10.1. The number of carbonyl (C=O) groups is 1. The van der Waals surface area contributed by atoms with Gasteiger partial charge < -0.3 is 13.9 Å². The van der Waals surface area contributed by atoms with E-state index in [0.717, 1.165) is 5.56 Å². The van der Waals surface area contributed by atoms with Crippen LogP contribution in [0.1, 0.15) is 37.0 Å². The molecule has 0 amide bonds. The first-order valence-corrected chi connectivity index (χ1v) is 8.65. The van der Waals surface area contributed by atoms with Gasteiger partial charge in [0.15, 0.2) is 11.5 Å². The average molecular weight is 344 g/mol. The predicted octanol–water partition coefficient (Wildman–Crippen LogP) is 3.13. The zero-order valence-corrected chi connectivity index (χ0v) is 14.9. The van der Waals surface area contributed by atoms with Crippen LogP contribution in [-0.2, 0) is 16.0 Å². The summed E-state index contributed by atoms with van der Waals surface area (Å²) in [7, 11) is 0. The van der Waals surface area contributed by atoms with Crippen LogP contribution in [0.2, 0.25) is 0 Å². The first kappa shape index (κ1) is 17.6. The molecular formula is C19H24N2O4. The van der Waals surface area contributed by atoms with E-state index in [2.05, 4.69) is 23.7 Å². The lowest BCUT2D eigenvalue weighted by molar-refractivity contribution is -0.0436. The Labute approximate surface area is 147 Å². The SMILES string of the molecule is CCOC(=O)c1nc(-c2ccccc2)oc1CN1[C@H](C)COC[C@@H]1C. The maximum absolute atomic E-state index is 12.3. The van der Waals surface area contributed by atoms with Crippen LogP contribution in [0.4, 0.5) is 0 Å². The van der Waals surface area contributed by atoms with Gasteiger partial charge in [-0.25, -0.2) is 9.78 Å². The molecule has 0 spiro atoms. The molecule has 2 aromatic rings. The Bertz CT molecular complexity index is 703. The maximum Gasteiger partial charge on any atom is 0.360 e. The van der Waals surface area contributed by atoms with Crippen LogP contribution in [0.15, 0.2) is 34.7 Å². The van der Waals surface area contributed by atoms with Crippen LogP contribution < -0.4 is 0 Å². The van der Waals surface area contributed by atoms with Gasteiger partial charge in [0.1, 0.15) is 0 Å². The van der Waals surface area contributed by atoms with Gasteiger partial charge in [-0.2, -0.15) is 0 Å². The summed E-state index contributed by atoms with van der Waals surface area (Å²) in [5.74, 6) is 0.530. The number of ether oxygens (including phenoxy) is 2. The smallest absolute Gasteiger partial charge is 0.360 e. The van der Waals surface area contributed by atoms with E-state index in [1.165, 1.54) is 0 Å². The molecule has 0 bridgehead atoms. The van der Waals surface area contributed by atoms with Gasteiger partial charge in [-0.3, -0.25) is 4.90 Å². The molecule has 3 rings (SSSR count). The van der Waals surface area contributed by atoms with Crippen molar-refractivity contribution in [1.82, 2.24) is 9.88 Å². The minimum absolute atomic E-state index is 0.240. The molecule has 1 fully saturated rings. The third kappa shape index (κ3) is 3.91. The van der Waals surface area contributed by atoms with Crippen LogP contribution in [0.25, 0.3) is 11.5 Å². The normalized spacial score (nSPS) is 21.2. The van der Waals surface area contributed by atoms with Crippen LogP contribution in [-0.4, -0.2) is 47.8 Å². The van der Waals surface area contributed by atoms with Gasteiger partial charge in [-0.05, 0) is 32.9 Å². The van der Waals surface area contributed by atoms with E-state index in [1.54, 1.807) is 6.92 Å². The summed E-state index contributed by atoms with van der Waals surface area (Å²) in [4.78, 5) is 19.0. The zero-order chi connectivity index (χ0) is 17.8. The molecule has 0 N–H and O–H groups in total. The minimum Gasteiger partial charge on any atom is -0.461 e. The van der Waals surface area contributed by atoms with Crippen molar-refractivity contribution in [2.75, 3.05) is 19.8 Å². The highest BCUT2D eigenvalue weighted by Gasteiger charge is 2.30. The highest BCUT2D eigenvalue weighted by Crippen LogP contribution is 2.26. The fraction of sp³-hybridized carbons (Fsp3) is 0.474. The Morgan fingerprint density at radius 3 is 2.56 bits per heavy atom. The standard InChI is InChI=1S/C19H24N2O4/c1-4-24-19(22)17-16(10-21-13(2)11-23-12-14(21)3)25-18(20-17)15-8-6-5-7-9-15/h5-9,13-14H,4,10-12H2,1-3H3/t13-,14+. The van der Waals surface area contributed by atoms with Crippen molar-refractivity contribution in [3.8, 4) is 11.5 Å². The number of aromatic nitrogens is 1. The molecule has 6 heteroatoms. The molecule has 2 heterocycles. The third-order valence-electron chi connectivity index (χ3n) is 4.36. The molecule has 0 saturated carbocycles. The van der Waals surface area contributed by atoms with Crippen molar-refractivity contribution in [3.63, 3.8) is 0 Å². The Balaban J connectivity index is 1.93. The Morgan fingerprint density at radius 1 is 1.24 bits per heavy atom. The van der Waals surface area contributed by atoms with Crippen molar-refractivity contribution in [3.05, 3.63) is 41.8 Å². The fourth-order valence-electron chi connectivity index (χ4n) is 3.03. The van der Waals surface area contributed by atoms with Crippen molar-refractivity contribution in [2.24, 2.45) is 0 Å². The van der Waals surface area contributed by atoms with E-state index in [1.807, 2.05) is 30.3 Å². The summed E-state index contributed by atoms with van der Waals surface area (Å²) in [6, 6.07) is 10.0. The number of rotatable bonds is 5. The van der Waals surface area contributed by atoms with Gasteiger partial charge in [0.25, 0.3) is 0 Å². The Hall–Kier alpha value is -2.18. The lowest BCUT2D eigenvalue weighted by Gasteiger charge is -2.38. The molecule has 2 atom stereocenters. The molecule has 25 heavy (non-hydrogen) atoms. The summed E-state index contributed by atoms with van der Waals surface area (Å²) in [5, 5.41) is 0. The average Bonchev–Trinajstić information content (AvgIpc) is 3.03. The lowest BCUT2D eigenvalue weighted by Crippen LogP contribution is -2.48. The van der Waals surface area contributed by atoms with Crippen molar-refractivity contribution >= 4 is 5.97 Å². The largest absolute Gasteiger partial charge is 0.461 e. The van der Waals surface area contributed by atoms with Gasteiger partial charge >= 0.3 is 5.97 Å². The second-order valence-electron chi connectivity index (χ2n) is 6.29. The topological polar surface area (TPSA) is 64.8 Å². The highest BCUT2D eigenvalue weighted by molar-refractivity contribution is 5.89. The number of hydrogen-bond acceptors (Lipinski definition) is 6. The molecule has 0 unspecified atom stereocenters. The number of morpholine rings is 1. The summed E-state index contributed by atoms with van der Waals surface area (Å²) < 4.78 is 16.7. The monoisotopic (exact) mass is 344 g/mol. The maximum atomic E-state index is 12.3. The first-order valence-electron chi connectivity index (χ1n) is 8.65. The van der Waals surface area contributed by atoms with Crippen LogP contribution in [0.3, 0.4) is 0 Å². The second-order valence-corrected chi connectivity index (χ2v) is 6.29. The number of oxazole rings is 1. The van der Waals surface area contributed by atoms with E-state index in [9.17, 15) is 4.79 Å². The van der Waals surface area contributed by atoms with E-state index < -0.39 is 5.97 Å². The highest BCUT2D eigenvalue weighted by atomic mass is 16.5. The van der Waals surface area contributed by atoms with Crippen LogP contribution in [0.5, 0.6) is 0 Å². The zero-order valence-electron chi connectivity index (χ0n) is 14.9. The van der Waals surface area contributed by atoms with Gasteiger partial charge in [0.2, 0.25) is 5.89 Å². The van der Waals surface area contributed by atoms with Gasteiger partial charge in [-0.1, -0.05) is 18.2 Å². The van der Waals surface area contributed by atoms with Gasteiger partial charge in [-0.15, -0.1) is 0 Å². The van der Waals surface area contributed by atoms with Gasteiger partial charge in [0.05, 0.1) is 26.4 Å². The predicted molar refractivity (Wildman–Crippen MR) is 93.2 cm³/mol. The summed E-state index contributed by atoms with van der Waals surface area (Å²) in [5.41, 5.74) is 1.09. The minimum atomic E-state index is -0.447. The number of benzene rings is 1. The molecule has 0 radical (unpaired) electrons.